The SMILES string of the molecule is CNNCCCCCNCc1ccc(C#N)cc1. The topological polar surface area (TPSA) is 59.9 Å². The molecule has 0 unspecified atom stereocenters. The summed E-state index contributed by atoms with van der Waals surface area (Å²) in [6.45, 7) is 2.94. The number of nitriles is 1. The van der Waals surface area contributed by atoms with Gasteiger partial charge in [0.05, 0.1) is 11.6 Å². The first kappa shape index (κ1) is 14.7. The minimum atomic E-state index is 0.718. The van der Waals surface area contributed by atoms with Crippen LogP contribution in [0.4, 0.5) is 0 Å². The van der Waals surface area contributed by atoms with Crippen LogP contribution in [0, 0.1) is 11.3 Å². The number of hydrogen-bond donors (Lipinski definition) is 3. The molecule has 0 aliphatic carbocycles. The fourth-order valence-electron chi connectivity index (χ4n) is 1.70. The quantitative estimate of drug-likeness (QED) is 0.457. The molecule has 0 aromatic heterocycles. The lowest BCUT2D eigenvalue weighted by Crippen LogP contribution is -2.28. The highest BCUT2D eigenvalue weighted by atomic mass is 15.3. The summed E-state index contributed by atoms with van der Waals surface area (Å²) in [5.41, 5.74) is 7.94. The number of hydrazine groups is 1. The molecule has 0 heterocycles. The standard InChI is InChI=1S/C14H22N4/c1-16-18-10-4-2-3-9-17-12-14-7-5-13(11-15)6-8-14/h5-8,16-18H,2-4,9-10,12H2,1H3. The Morgan fingerprint density at radius 1 is 1.06 bits per heavy atom. The van der Waals surface area contributed by atoms with Crippen molar-refractivity contribution in [2.45, 2.75) is 25.8 Å². The zero-order valence-electron chi connectivity index (χ0n) is 11.0. The largest absolute Gasteiger partial charge is 0.313 e. The van der Waals surface area contributed by atoms with Gasteiger partial charge in [-0.1, -0.05) is 18.6 Å². The molecule has 0 amide bonds. The molecule has 4 heteroatoms. The van der Waals surface area contributed by atoms with Gasteiger partial charge in [-0.3, -0.25) is 10.9 Å². The van der Waals surface area contributed by atoms with Crippen LogP contribution in [0.2, 0.25) is 0 Å². The van der Waals surface area contributed by atoms with Crippen molar-refractivity contribution >= 4 is 0 Å². The third-order valence-electron chi connectivity index (χ3n) is 2.74. The lowest BCUT2D eigenvalue weighted by atomic mass is 10.1. The summed E-state index contributed by atoms with van der Waals surface area (Å²) in [5, 5.41) is 12.1. The van der Waals surface area contributed by atoms with Gasteiger partial charge in [0, 0.05) is 13.1 Å². The van der Waals surface area contributed by atoms with Crippen LogP contribution in [0.25, 0.3) is 0 Å². The predicted octanol–water partition coefficient (Wildman–Crippen LogP) is 1.54. The summed E-state index contributed by atoms with van der Waals surface area (Å²) in [6.07, 6.45) is 3.62. The van der Waals surface area contributed by atoms with Gasteiger partial charge in [0.15, 0.2) is 0 Å². The molecule has 0 spiro atoms. The van der Waals surface area contributed by atoms with Crippen LogP contribution in [0.1, 0.15) is 30.4 Å². The Morgan fingerprint density at radius 3 is 2.44 bits per heavy atom. The Bertz CT molecular complexity index is 353. The molecule has 0 radical (unpaired) electrons. The van der Waals surface area contributed by atoms with Gasteiger partial charge in [0.2, 0.25) is 0 Å². The van der Waals surface area contributed by atoms with Crippen LogP contribution in [0.5, 0.6) is 0 Å². The maximum absolute atomic E-state index is 8.69. The highest BCUT2D eigenvalue weighted by Crippen LogP contribution is 2.02. The first-order valence-electron chi connectivity index (χ1n) is 6.46. The molecule has 4 nitrogen and oxygen atoms in total. The van der Waals surface area contributed by atoms with Gasteiger partial charge in [-0.15, -0.1) is 0 Å². The second-order valence-electron chi connectivity index (χ2n) is 4.22. The Labute approximate surface area is 109 Å². The van der Waals surface area contributed by atoms with Crippen molar-refractivity contribution in [3.8, 4) is 6.07 Å². The minimum absolute atomic E-state index is 0.718. The molecular formula is C14H22N4. The molecule has 1 aromatic rings. The van der Waals surface area contributed by atoms with E-state index >= 15 is 0 Å². The van der Waals surface area contributed by atoms with Crippen molar-refractivity contribution < 1.29 is 0 Å². The molecule has 0 saturated carbocycles. The van der Waals surface area contributed by atoms with Crippen molar-refractivity contribution in [1.82, 2.24) is 16.2 Å². The second-order valence-corrected chi connectivity index (χ2v) is 4.22. The van der Waals surface area contributed by atoms with Crippen LogP contribution in [0.3, 0.4) is 0 Å². The molecule has 0 fully saturated rings. The molecule has 18 heavy (non-hydrogen) atoms. The number of hydrogen-bond acceptors (Lipinski definition) is 4. The molecular weight excluding hydrogens is 224 g/mol. The summed E-state index contributed by atoms with van der Waals surface area (Å²) < 4.78 is 0. The lowest BCUT2D eigenvalue weighted by molar-refractivity contribution is 0.537. The van der Waals surface area contributed by atoms with Crippen LogP contribution >= 0.6 is 0 Å². The highest BCUT2D eigenvalue weighted by Gasteiger charge is 1.94. The van der Waals surface area contributed by atoms with E-state index in [1.54, 1.807) is 0 Å². The van der Waals surface area contributed by atoms with E-state index < -0.39 is 0 Å². The first-order chi connectivity index (χ1) is 8.86. The molecule has 1 rings (SSSR count). The Balaban J connectivity index is 2.02. The summed E-state index contributed by atoms with van der Waals surface area (Å²) in [6, 6.07) is 9.85. The van der Waals surface area contributed by atoms with Gasteiger partial charge in [0.1, 0.15) is 0 Å². The van der Waals surface area contributed by atoms with Gasteiger partial charge < -0.3 is 5.32 Å². The van der Waals surface area contributed by atoms with Crippen LogP contribution in [0.15, 0.2) is 24.3 Å². The van der Waals surface area contributed by atoms with Gasteiger partial charge in [0.25, 0.3) is 0 Å². The van der Waals surface area contributed by atoms with E-state index in [2.05, 4.69) is 22.2 Å². The number of nitrogens with one attached hydrogen (secondary N) is 3. The third kappa shape index (κ3) is 6.36. The smallest absolute Gasteiger partial charge is 0.0991 e. The van der Waals surface area contributed by atoms with E-state index in [0.29, 0.717) is 0 Å². The summed E-state index contributed by atoms with van der Waals surface area (Å²) in [4.78, 5) is 0. The average Bonchev–Trinajstić information content (AvgIpc) is 2.42. The van der Waals surface area contributed by atoms with Gasteiger partial charge in [-0.25, -0.2) is 0 Å². The average molecular weight is 246 g/mol. The van der Waals surface area contributed by atoms with E-state index in [4.69, 9.17) is 5.26 Å². The molecule has 0 atom stereocenters. The number of benzene rings is 1. The van der Waals surface area contributed by atoms with E-state index in [1.807, 2.05) is 31.3 Å². The van der Waals surface area contributed by atoms with E-state index in [1.165, 1.54) is 24.8 Å². The van der Waals surface area contributed by atoms with Crippen molar-refractivity contribution in [3.05, 3.63) is 35.4 Å². The second kappa shape index (κ2) is 9.60. The fourth-order valence-corrected chi connectivity index (χ4v) is 1.70. The Kier molecular flexibility index (Phi) is 7.82. The maximum Gasteiger partial charge on any atom is 0.0991 e. The summed E-state index contributed by atoms with van der Waals surface area (Å²) >= 11 is 0. The fraction of sp³-hybridized carbons (Fsp3) is 0.500. The minimum Gasteiger partial charge on any atom is -0.313 e. The third-order valence-corrected chi connectivity index (χ3v) is 2.74. The van der Waals surface area contributed by atoms with E-state index in [0.717, 1.165) is 25.2 Å². The molecule has 3 N–H and O–H groups in total. The Hall–Kier alpha value is -1.41. The van der Waals surface area contributed by atoms with Crippen molar-refractivity contribution in [3.63, 3.8) is 0 Å². The van der Waals surface area contributed by atoms with Crippen molar-refractivity contribution in [1.29, 1.82) is 5.26 Å². The van der Waals surface area contributed by atoms with Crippen molar-refractivity contribution in [2.75, 3.05) is 20.1 Å². The van der Waals surface area contributed by atoms with Crippen LogP contribution < -0.4 is 16.2 Å². The first-order valence-corrected chi connectivity index (χ1v) is 6.46. The summed E-state index contributed by atoms with van der Waals surface area (Å²) in [7, 11) is 1.89. The molecule has 98 valence electrons. The Morgan fingerprint density at radius 2 is 1.78 bits per heavy atom. The van der Waals surface area contributed by atoms with E-state index in [-0.39, 0.29) is 0 Å². The zero-order chi connectivity index (χ0) is 13.1. The number of rotatable bonds is 9. The molecule has 0 bridgehead atoms. The molecule has 1 aromatic carbocycles. The van der Waals surface area contributed by atoms with Crippen LogP contribution in [-0.2, 0) is 6.54 Å². The van der Waals surface area contributed by atoms with Gasteiger partial charge in [-0.2, -0.15) is 5.26 Å². The number of nitrogens with zero attached hydrogens (tertiary/aromatic N) is 1. The van der Waals surface area contributed by atoms with Gasteiger partial charge >= 0.3 is 0 Å². The molecule has 0 aliphatic rings. The number of unbranched alkanes of at least 4 members (excludes halogenated alkanes) is 2. The summed E-state index contributed by atoms with van der Waals surface area (Å²) in [5.74, 6) is 0. The normalized spacial score (nSPS) is 10.2. The maximum atomic E-state index is 8.69. The molecule has 0 saturated heterocycles. The monoisotopic (exact) mass is 246 g/mol. The molecule has 0 aliphatic heterocycles. The van der Waals surface area contributed by atoms with E-state index in [9.17, 15) is 0 Å². The van der Waals surface area contributed by atoms with Gasteiger partial charge in [-0.05, 0) is 44.1 Å². The predicted molar refractivity (Wildman–Crippen MR) is 73.8 cm³/mol. The van der Waals surface area contributed by atoms with Crippen molar-refractivity contribution in [2.24, 2.45) is 0 Å². The van der Waals surface area contributed by atoms with Crippen LogP contribution in [-0.4, -0.2) is 20.1 Å². The zero-order valence-corrected chi connectivity index (χ0v) is 11.0. The highest BCUT2D eigenvalue weighted by molar-refractivity contribution is 5.31. The lowest BCUT2D eigenvalue weighted by Gasteiger charge is -2.05.